The SMILES string of the molecule is CC1CCN(c2nc3ccc(OC/C(=C/F)CN)cc3o2)C1. The van der Waals surface area contributed by atoms with Crippen molar-refractivity contribution in [3.63, 3.8) is 0 Å². The number of ether oxygens (including phenoxy) is 1. The van der Waals surface area contributed by atoms with Crippen molar-refractivity contribution in [1.29, 1.82) is 0 Å². The highest BCUT2D eigenvalue weighted by Crippen LogP contribution is 2.28. The van der Waals surface area contributed by atoms with E-state index in [0.717, 1.165) is 25.0 Å². The summed E-state index contributed by atoms with van der Waals surface area (Å²) in [7, 11) is 0. The lowest BCUT2D eigenvalue weighted by Gasteiger charge is -2.11. The number of nitrogens with zero attached hydrogens (tertiary/aromatic N) is 2. The zero-order valence-corrected chi connectivity index (χ0v) is 12.6. The van der Waals surface area contributed by atoms with Crippen molar-refractivity contribution in [2.45, 2.75) is 13.3 Å². The Hall–Kier alpha value is -2.08. The number of nitrogens with two attached hydrogens (primary N) is 1. The molecular formula is C16H20FN3O2. The number of benzene rings is 1. The Balaban J connectivity index is 1.75. The maximum absolute atomic E-state index is 12.5. The molecule has 1 aliphatic heterocycles. The fourth-order valence-corrected chi connectivity index (χ4v) is 2.54. The monoisotopic (exact) mass is 305 g/mol. The Morgan fingerprint density at radius 1 is 1.59 bits per heavy atom. The number of hydrogen-bond acceptors (Lipinski definition) is 5. The second kappa shape index (κ2) is 6.36. The zero-order chi connectivity index (χ0) is 15.5. The Morgan fingerprint density at radius 2 is 2.45 bits per heavy atom. The Bertz CT molecular complexity index is 683. The summed E-state index contributed by atoms with van der Waals surface area (Å²) in [5.74, 6) is 1.27. The number of anilines is 1. The van der Waals surface area contributed by atoms with E-state index < -0.39 is 0 Å². The van der Waals surface area contributed by atoms with E-state index in [4.69, 9.17) is 14.9 Å². The summed E-state index contributed by atoms with van der Waals surface area (Å²) in [4.78, 5) is 6.67. The van der Waals surface area contributed by atoms with Crippen LogP contribution in [-0.4, -0.2) is 31.2 Å². The third kappa shape index (κ3) is 3.06. The molecule has 0 saturated carbocycles. The van der Waals surface area contributed by atoms with Crippen molar-refractivity contribution < 1.29 is 13.5 Å². The highest BCUT2D eigenvalue weighted by Gasteiger charge is 2.23. The molecular weight excluding hydrogens is 285 g/mol. The van der Waals surface area contributed by atoms with Gasteiger partial charge in [0.1, 0.15) is 17.9 Å². The van der Waals surface area contributed by atoms with Crippen LogP contribution in [0, 0.1) is 5.92 Å². The van der Waals surface area contributed by atoms with Crippen LogP contribution >= 0.6 is 0 Å². The summed E-state index contributed by atoms with van der Waals surface area (Å²) in [5.41, 5.74) is 7.27. The summed E-state index contributed by atoms with van der Waals surface area (Å²) in [6.45, 7) is 4.43. The summed E-state index contributed by atoms with van der Waals surface area (Å²) < 4.78 is 23.8. The average molecular weight is 305 g/mol. The molecule has 0 radical (unpaired) electrons. The number of aromatic nitrogens is 1. The Kier molecular flexibility index (Phi) is 4.29. The van der Waals surface area contributed by atoms with Crippen LogP contribution in [0.4, 0.5) is 10.4 Å². The molecule has 2 aromatic rings. The third-order valence-corrected chi connectivity index (χ3v) is 3.88. The van der Waals surface area contributed by atoms with Gasteiger partial charge in [0.25, 0.3) is 6.01 Å². The topological polar surface area (TPSA) is 64.5 Å². The Morgan fingerprint density at radius 3 is 3.14 bits per heavy atom. The molecule has 118 valence electrons. The molecule has 2 heterocycles. The smallest absolute Gasteiger partial charge is 0.298 e. The molecule has 1 aromatic carbocycles. The second-order valence-electron chi connectivity index (χ2n) is 5.73. The van der Waals surface area contributed by atoms with Crippen molar-refractivity contribution >= 4 is 17.1 Å². The average Bonchev–Trinajstić information content (AvgIpc) is 3.13. The molecule has 6 heteroatoms. The van der Waals surface area contributed by atoms with E-state index in [0.29, 0.717) is 35.2 Å². The van der Waals surface area contributed by atoms with E-state index in [1.165, 1.54) is 0 Å². The first-order chi connectivity index (χ1) is 10.7. The van der Waals surface area contributed by atoms with Crippen LogP contribution in [0.25, 0.3) is 11.1 Å². The lowest BCUT2D eigenvalue weighted by Crippen LogP contribution is -2.19. The molecule has 2 N–H and O–H groups in total. The van der Waals surface area contributed by atoms with E-state index >= 15 is 0 Å². The number of oxazole rings is 1. The van der Waals surface area contributed by atoms with Crippen LogP contribution in [0.15, 0.2) is 34.5 Å². The maximum atomic E-state index is 12.5. The summed E-state index contributed by atoms with van der Waals surface area (Å²) >= 11 is 0. The van der Waals surface area contributed by atoms with Crippen molar-refractivity contribution in [2.24, 2.45) is 11.7 Å². The van der Waals surface area contributed by atoms with Crippen LogP contribution in [-0.2, 0) is 0 Å². The second-order valence-corrected chi connectivity index (χ2v) is 5.73. The molecule has 1 fully saturated rings. The van der Waals surface area contributed by atoms with E-state index in [1.54, 1.807) is 12.1 Å². The predicted molar refractivity (Wildman–Crippen MR) is 83.7 cm³/mol. The molecule has 1 aromatic heterocycles. The van der Waals surface area contributed by atoms with Gasteiger partial charge in [-0.2, -0.15) is 4.98 Å². The highest BCUT2D eigenvalue weighted by atomic mass is 19.1. The molecule has 1 aliphatic rings. The molecule has 22 heavy (non-hydrogen) atoms. The van der Waals surface area contributed by atoms with Crippen LogP contribution in [0.5, 0.6) is 5.75 Å². The van der Waals surface area contributed by atoms with Crippen LogP contribution < -0.4 is 15.4 Å². The summed E-state index contributed by atoms with van der Waals surface area (Å²) in [6, 6.07) is 6.08. The van der Waals surface area contributed by atoms with Gasteiger partial charge in [0, 0.05) is 31.3 Å². The molecule has 1 saturated heterocycles. The minimum absolute atomic E-state index is 0.128. The minimum atomic E-state index is 0.128. The van der Waals surface area contributed by atoms with E-state index in [-0.39, 0.29) is 13.2 Å². The first-order valence-corrected chi connectivity index (χ1v) is 7.46. The number of halogens is 1. The van der Waals surface area contributed by atoms with E-state index in [2.05, 4.69) is 16.8 Å². The highest BCUT2D eigenvalue weighted by molar-refractivity contribution is 5.76. The van der Waals surface area contributed by atoms with Crippen LogP contribution in [0.2, 0.25) is 0 Å². The van der Waals surface area contributed by atoms with Crippen molar-refractivity contribution in [1.82, 2.24) is 4.98 Å². The van der Waals surface area contributed by atoms with Gasteiger partial charge in [0.15, 0.2) is 5.58 Å². The lowest BCUT2D eigenvalue weighted by molar-refractivity contribution is 0.347. The standard InChI is InChI=1S/C16H20FN3O2/c1-11-4-5-20(9-11)16-19-14-3-2-13(6-15(14)22-16)21-10-12(7-17)8-18/h2-3,6-7,11H,4-5,8-10,18H2,1H3/b12-7+. The number of hydrogen-bond donors (Lipinski definition) is 1. The minimum Gasteiger partial charge on any atom is -0.489 e. The van der Waals surface area contributed by atoms with Gasteiger partial charge in [-0.25, -0.2) is 4.39 Å². The fourth-order valence-electron chi connectivity index (χ4n) is 2.54. The number of rotatable bonds is 5. The van der Waals surface area contributed by atoms with Gasteiger partial charge in [-0.05, 0) is 24.5 Å². The zero-order valence-electron chi connectivity index (χ0n) is 12.6. The van der Waals surface area contributed by atoms with Gasteiger partial charge in [-0.15, -0.1) is 0 Å². The Labute approximate surface area is 128 Å². The number of fused-ring (bicyclic) bond motifs is 1. The molecule has 0 spiro atoms. The maximum Gasteiger partial charge on any atom is 0.298 e. The van der Waals surface area contributed by atoms with Gasteiger partial charge >= 0.3 is 0 Å². The van der Waals surface area contributed by atoms with E-state index in [1.807, 2.05) is 6.07 Å². The summed E-state index contributed by atoms with van der Waals surface area (Å²) in [5, 5.41) is 0. The molecule has 0 bridgehead atoms. The van der Waals surface area contributed by atoms with Crippen LogP contribution in [0.3, 0.4) is 0 Å². The van der Waals surface area contributed by atoms with Crippen molar-refractivity contribution in [3.8, 4) is 5.75 Å². The van der Waals surface area contributed by atoms with Gasteiger partial charge in [0.2, 0.25) is 0 Å². The molecule has 0 aliphatic carbocycles. The van der Waals surface area contributed by atoms with Gasteiger partial charge < -0.3 is 19.8 Å². The fraction of sp³-hybridized carbons (Fsp3) is 0.438. The van der Waals surface area contributed by atoms with Gasteiger partial charge in [-0.1, -0.05) is 6.92 Å². The molecule has 1 atom stereocenters. The largest absolute Gasteiger partial charge is 0.489 e. The molecule has 5 nitrogen and oxygen atoms in total. The first-order valence-electron chi connectivity index (χ1n) is 7.46. The first kappa shape index (κ1) is 14.8. The molecule has 0 amide bonds. The molecule has 1 unspecified atom stereocenters. The molecule has 3 rings (SSSR count). The third-order valence-electron chi connectivity index (χ3n) is 3.88. The van der Waals surface area contributed by atoms with Crippen molar-refractivity contribution in [3.05, 3.63) is 30.1 Å². The quantitative estimate of drug-likeness (QED) is 0.920. The normalized spacial score (nSPS) is 19.1. The van der Waals surface area contributed by atoms with Crippen LogP contribution in [0.1, 0.15) is 13.3 Å². The van der Waals surface area contributed by atoms with Gasteiger partial charge in [0.05, 0.1) is 6.33 Å². The van der Waals surface area contributed by atoms with Gasteiger partial charge in [-0.3, -0.25) is 0 Å². The summed E-state index contributed by atoms with van der Waals surface area (Å²) in [6.07, 6.45) is 1.64. The lowest BCUT2D eigenvalue weighted by atomic mass is 10.2. The van der Waals surface area contributed by atoms with E-state index in [9.17, 15) is 4.39 Å². The predicted octanol–water partition coefficient (Wildman–Crippen LogP) is 2.86. The van der Waals surface area contributed by atoms with Crippen molar-refractivity contribution in [2.75, 3.05) is 31.1 Å².